The van der Waals surface area contributed by atoms with Gasteiger partial charge in [-0.15, -0.1) is 0 Å². The predicted molar refractivity (Wildman–Crippen MR) is 69.5 cm³/mol. The molecule has 3 nitrogen and oxygen atoms in total. The quantitative estimate of drug-likeness (QED) is 0.590. The molecule has 96 valence electrons. The molecule has 1 unspecified atom stereocenters. The molecular weight excluding hydrogens is 214 g/mol. The molecule has 1 amide bonds. The normalized spacial score (nSPS) is 27.4. The minimum Gasteiger partial charge on any atom is -0.366 e. The van der Waals surface area contributed by atoms with Crippen molar-refractivity contribution >= 4 is 5.91 Å². The maximum absolute atomic E-state index is 10.9. The molecule has 0 bridgehead atoms. The number of ether oxygens (including phenoxy) is 1. The summed E-state index contributed by atoms with van der Waals surface area (Å²) in [5, 5.41) is 0. The van der Waals surface area contributed by atoms with E-state index in [1.807, 2.05) is 13.8 Å². The lowest BCUT2D eigenvalue weighted by Crippen LogP contribution is -2.32. The third kappa shape index (κ3) is 3.43. The van der Waals surface area contributed by atoms with E-state index in [4.69, 9.17) is 10.5 Å². The Morgan fingerprint density at radius 2 is 2.18 bits per heavy atom. The van der Waals surface area contributed by atoms with Crippen molar-refractivity contribution in [2.24, 2.45) is 5.73 Å². The van der Waals surface area contributed by atoms with E-state index in [2.05, 4.69) is 19.9 Å². The molecule has 1 atom stereocenters. The van der Waals surface area contributed by atoms with Gasteiger partial charge in [0.2, 0.25) is 5.91 Å². The Labute approximate surface area is 104 Å². The van der Waals surface area contributed by atoms with Crippen LogP contribution in [0.25, 0.3) is 0 Å². The Morgan fingerprint density at radius 1 is 1.53 bits per heavy atom. The van der Waals surface area contributed by atoms with E-state index < -0.39 is 11.5 Å². The molecule has 0 saturated carbocycles. The largest absolute Gasteiger partial charge is 0.366 e. The van der Waals surface area contributed by atoms with Gasteiger partial charge in [-0.3, -0.25) is 4.79 Å². The SMILES string of the molecule is CCCCC1(/C=C/C(N)=O)C=C(C)C(C)(C)O1. The third-order valence-electron chi connectivity index (χ3n) is 3.31. The average molecular weight is 237 g/mol. The Balaban J connectivity index is 2.94. The smallest absolute Gasteiger partial charge is 0.241 e. The van der Waals surface area contributed by atoms with Crippen molar-refractivity contribution in [3.8, 4) is 0 Å². The highest BCUT2D eigenvalue weighted by atomic mass is 16.5. The van der Waals surface area contributed by atoms with Gasteiger partial charge in [-0.25, -0.2) is 0 Å². The number of nitrogens with two attached hydrogens (primary N) is 1. The number of carbonyl (C=O) groups excluding carboxylic acids is 1. The molecule has 0 aliphatic carbocycles. The van der Waals surface area contributed by atoms with Crippen LogP contribution in [0.4, 0.5) is 0 Å². The van der Waals surface area contributed by atoms with E-state index in [1.54, 1.807) is 6.08 Å². The molecule has 2 N–H and O–H groups in total. The van der Waals surface area contributed by atoms with Gasteiger partial charge in [-0.2, -0.15) is 0 Å². The van der Waals surface area contributed by atoms with Crippen LogP contribution in [0.15, 0.2) is 23.8 Å². The van der Waals surface area contributed by atoms with Crippen LogP contribution in [-0.2, 0) is 9.53 Å². The second-order valence-corrected chi connectivity index (χ2v) is 5.23. The molecule has 0 fully saturated rings. The lowest BCUT2D eigenvalue weighted by molar-refractivity contribution is -0.113. The zero-order chi connectivity index (χ0) is 13.1. The van der Waals surface area contributed by atoms with Crippen molar-refractivity contribution in [3.05, 3.63) is 23.8 Å². The topological polar surface area (TPSA) is 52.3 Å². The van der Waals surface area contributed by atoms with Crippen LogP contribution in [0.2, 0.25) is 0 Å². The average Bonchev–Trinajstić information content (AvgIpc) is 2.45. The summed E-state index contributed by atoms with van der Waals surface area (Å²) in [7, 11) is 0. The summed E-state index contributed by atoms with van der Waals surface area (Å²) in [5.74, 6) is -0.430. The molecule has 0 aromatic heterocycles. The number of unbranched alkanes of at least 4 members (excludes halogenated alkanes) is 1. The zero-order valence-corrected chi connectivity index (χ0v) is 11.2. The van der Waals surface area contributed by atoms with E-state index in [0.717, 1.165) is 19.3 Å². The van der Waals surface area contributed by atoms with Crippen LogP contribution < -0.4 is 5.73 Å². The van der Waals surface area contributed by atoms with Crippen LogP contribution in [0.5, 0.6) is 0 Å². The molecule has 3 heteroatoms. The fourth-order valence-corrected chi connectivity index (χ4v) is 2.09. The number of rotatable bonds is 5. The molecule has 0 saturated heterocycles. The number of primary amides is 1. The van der Waals surface area contributed by atoms with Crippen LogP contribution in [0.1, 0.15) is 47.0 Å². The highest BCUT2D eigenvalue weighted by molar-refractivity contribution is 5.86. The number of hydrogen-bond donors (Lipinski definition) is 1. The van der Waals surface area contributed by atoms with Crippen LogP contribution >= 0.6 is 0 Å². The monoisotopic (exact) mass is 237 g/mol. The first kappa shape index (κ1) is 14.0. The van der Waals surface area contributed by atoms with E-state index >= 15 is 0 Å². The molecule has 0 aromatic carbocycles. The van der Waals surface area contributed by atoms with Gasteiger partial charge in [-0.05, 0) is 44.9 Å². The highest BCUT2D eigenvalue weighted by Gasteiger charge is 2.40. The van der Waals surface area contributed by atoms with Crippen molar-refractivity contribution in [2.75, 3.05) is 0 Å². The van der Waals surface area contributed by atoms with Gasteiger partial charge in [0.05, 0.1) is 5.60 Å². The molecule has 0 spiro atoms. The Kier molecular flexibility index (Phi) is 4.15. The summed E-state index contributed by atoms with van der Waals surface area (Å²) in [4.78, 5) is 10.9. The van der Waals surface area contributed by atoms with E-state index in [-0.39, 0.29) is 5.60 Å². The standard InChI is InChI=1S/C14H23NO2/c1-5-6-8-14(9-7-12(15)16)10-11(2)13(3,4)17-14/h7,9-10H,5-6,8H2,1-4H3,(H2,15,16)/b9-7+. The highest BCUT2D eigenvalue weighted by Crippen LogP contribution is 2.40. The first-order valence-corrected chi connectivity index (χ1v) is 6.20. The minimum atomic E-state index is -0.460. The van der Waals surface area contributed by atoms with E-state index in [1.165, 1.54) is 11.6 Å². The molecule has 1 rings (SSSR count). The fraction of sp³-hybridized carbons (Fsp3) is 0.643. The van der Waals surface area contributed by atoms with E-state index in [0.29, 0.717) is 0 Å². The predicted octanol–water partition coefficient (Wildman–Crippen LogP) is 2.71. The maximum atomic E-state index is 10.9. The van der Waals surface area contributed by atoms with Gasteiger partial charge in [0.25, 0.3) is 0 Å². The molecule has 0 radical (unpaired) electrons. The Morgan fingerprint density at radius 3 is 2.59 bits per heavy atom. The van der Waals surface area contributed by atoms with Crippen LogP contribution in [0, 0.1) is 0 Å². The summed E-state index contributed by atoms with van der Waals surface area (Å²) < 4.78 is 6.11. The first-order valence-electron chi connectivity index (χ1n) is 6.20. The van der Waals surface area contributed by atoms with Crippen LogP contribution in [0.3, 0.4) is 0 Å². The van der Waals surface area contributed by atoms with Gasteiger partial charge >= 0.3 is 0 Å². The molecule has 1 heterocycles. The summed E-state index contributed by atoms with van der Waals surface area (Å²) >= 11 is 0. The lowest BCUT2D eigenvalue weighted by atomic mass is 9.94. The van der Waals surface area contributed by atoms with Gasteiger partial charge < -0.3 is 10.5 Å². The second-order valence-electron chi connectivity index (χ2n) is 5.23. The second kappa shape index (κ2) is 5.05. The van der Waals surface area contributed by atoms with Gasteiger partial charge in [0, 0.05) is 6.08 Å². The lowest BCUT2D eigenvalue weighted by Gasteiger charge is -2.30. The summed E-state index contributed by atoms with van der Waals surface area (Å²) in [6, 6.07) is 0. The molecular formula is C14H23NO2. The van der Waals surface area contributed by atoms with Crippen molar-refractivity contribution < 1.29 is 9.53 Å². The summed E-state index contributed by atoms with van der Waals surface area (Å²) in [5.41, 5.74) is 5.63. The van der Waals surface area contributed by atoms with Gasteiger partial charge in [0.15, 0.2) is 0 Å². The number of carbonyl (C=O) groups is 1. The third-order valence-corrected chi connectivity index (χ3v) is 3.31. The molecule has 1 aliphatic heterocycles. The number of amides is 1. The number of hydrogen-bond acceptors (Lipinski definition) is 2. The molecule has 0 aromatic rings. The maximum Gasteiger partial charge on any atom is 0.241 e. The summed E-state index contributed by atoms with van der Waals surface area (Å²) in [6.45, 7) is 8.29. The Bertz CT molecular complexity index is 355. The first-order chi connectivity index (χ1) is 7.81. The fourth-order valence-electron chi connectivity index (χ4n) is 2.09. The summed E-state index contributed by atoms with van der Waals surface area (Å²) in [6.07, 6.45) is 8.35. The van der Waals surface area contributed by atoms with Crippen LogP contribution in [-0.4, -0.2) is 17.1 Å². The minimum absolute atomic E-state index is 0.268. The molecule has 1 aliphatic rings. The van der Waals surface area contributed by atoms with Crippen molar-refractivity contribution in [2.45, 2.75) is 58.2 Å². The Hall–Kier alpha value is -1.09. The van der Waals surface area contributed by atoms with Crippen molar-refractivity contribution in [1.82, 2.24) is 0 Å². The van der Waals surface area contributed by atoms with Gasteiger partial charge in [-0.1, -0.05) is 19.8 Å². The van der Waals surface area contributed by atoms with E-state index in [9.17, 15) is 4.79 Å². The van der Waals surface area contributed by atoms with Gasteiger partial charge in [0.1, 0.15) is 5.60 Å². The van der Waals surface area contributed by atoms with Crippen molar-refractivity contribution in [3.63, 3.8) is 0 Å². The zero-order valence-electron chi connectivity index (χ0n) is 11.2. The molecule has 17 heavy (non-hydrogen) atoms. The van der Waals surface area contributed by atoms with Crippen molar-refractivity contribution in [1.29, 1.82) is 0 Å².